The van der Waals surface area contributed by atoms with E-state index < -0.39 is 23.3 Å². The summed E-state index contributed by atoms with van der Waals surface area (Å²) in [5.41, 5.74) is 1.39. The summed E-state index contributed by atoms with van der Waals surface area (Å²) < 4.78 is 0. The molecule has 12 nitrogen and oxygen atoms in total. The predicted octanol–water partition coefficient (Wildman–Crippen LogP) is 3.47. The highest BCUT2D eigenvalue weighted by Crippen LogP contribution is 2.24. The van der Waals surface area contributed by atoms with Crippen molar-refractivity contribution >= 4 is 56.7 Å². The molecule has 226 valence electrons. The number of nitrogens with zero attached hydrogens (tertiary/aromatic N) is 6. The number of halogens is 2. The van der Waals surface area contributed by atoms with Gasteiger partial charge in [0, 0.05) is 38.2 Å². The molecular weight excluding hydrogens is 607 g/mol. The standard InChI is InChI=1S/C30H28Cl2N8O4/c1-39(2)37-23(25-29(43)35-21-13-17(31)9-11-19(21)33-25)27(41)15-5-7-16(8-6-15)28(42)24(38-40(3)4)26-30(44)36-22-14-18(32)10-12-20(22)34-26/h5-14,27-28,41-42H,1-4H3,(H,35,43)(H,36,44)/b37-23-,38-24-. The van der Waals surface area contributed by atoms with Crippen molar-refractivity contribution < 1.29 is 10.2 Å². The number of aliphatic hydroxyl groups is 2. The summed E-state index contributed by atoms with van der Waals surface area (Å²) in [6, 6.07) is 16.1. The Kier molecular flexibility index (Phi) is 8.79. The SMILES string of the molecule is CN(C)/N=C(/c1nc2ccc(Cl)cc2[nH]c1=O)C(O)c1ccc(C(O)/C(=N\N(C)C)c2nc3ccc(Cl)cc3[nH]c2=O)cc1. The summed E-state index contributed by atoms with van der Waals surface area (Å²) in [6.45, 7) is 0. The fraction of sp³-hybridized carbons (Fsp3) is 0.200. The van der Waals surface area contributed by atoms with Crippen LogP contribution in [-0.2, 0) is 0 Å². The lowest BCUT2D eigenvalue weighted by atomic mass is 9.97. The molecule has 2 heterocycles. The van der Waals surface area contributed by atoms with Crippen molar-refractivity contribution in [2.24, 2.45) is 10.2 Å². The van der Waals surface area contributed by atoms with Crippen LogP contribution in [0.25, 0.3) is 22.1 Å². The van der Waals surface area contributed by atoms with Gasteiger partial charge in [0.2, 0.25) is 0 Å². The van der Waals surface area contributed by atoms with Crippen LogP contribution in [0, 0.1) is 0 Å². The van der Waals surface area contributed by atoms with Crippen molar-refractivity contribution in [3.05, 3.63) is 114 Å². The second-order valence-corrected chi connectivity index (χ2v) is 11.2. The van der Waals surface area contributed by atoms with Crippen LogP contribution in [0.2, 0.25) is 10.0 Å². The predicted molar refractivity (Wildman–Crippen MR) is 172 cm³/mol. The Morgan fingerprint density at radius 3 is 1.39 bits per heavy atom. The highest BCUT2D eigenvalue weighted by Gasteiger charge is 2.26. The van der Waals surface area contributed by atoms with Gasteiger partial charge in [-0.15, -0.1) is 0 Å². The molecule has 5 rings (SSSR count). The fourth-order valence-corrected chi connectivity index (χ4v) is 4.88. The van der Waals surface area contributed by atoms with E-state index in [0.29, 0.717) is 43.2 Å². The summed E-state index contributed by atoms with van der Waals surface area (Å²) >= 11 is 12.1. The van der Waals surface area contributed by atoms with Gasteiger partial charge >= 0.3 is 0 Å². The molecule has 0 radical (unpaired) electrons. The average molecular weight is 636 g/mol. The van der Waals surface area contributed by atoms with E-state index in [1.54, 1.807) is 88.9 Å². The van der Waals surface area contributed by atoms with E-state index in [9.17, 15) is 19.8 Å². The number of aromatic amines is 2. The number of fused-ring (bicyclic) bond motifs is 2. The van der Waals surface area contributed by atoms with Crippen molar-refractivity contribution in [1.82, 2.24) is 30.0 Å². The normalized spacial score (nSPS) is 13.7. The molecule has 2 aromatic heterocycles. The van der Waals surface area contributed by atoms with Gasteiger partial charge in [-0.25, -0.2) is 9.97 Å². The van der Waals surface area contributed by atoms with E-state index in [1.165, 1.54) is 10.0 Å². The van der Waals surface area contributed by atoms with Gasteiger partial charge in [-0.2, -0.15) is 10.2 Å². The first-order chi connectivity index (χ1) is 20.9. The molecule has 4 N–H and O–H groups in total. The maximum absolute atomic E-state index is 13.0. The van der Waals surface area contributed by atoms with Gasteiger partial charge in [0.05, 0.1) is 22.1 Å². The number of benzene rings is 3. The van der Waals surface area contributed by atoms with Crippen molar-refractivity contribution in [3.8, 4) is 0 Å². The largest absolute Gasteiger partial charge is 0.382 e. The van der Waals surface area contributed by atoms with Gasteiger partial charge in [0.1, 0.15) is 23.6 Å². The minimum atomic E-state index is -1.35. The molecule has 14 heteroatoms. The third-order valence-electron chi connectivity index (χ3n) is 6.49. The zero-order chi connectivity index (χ0) is 31.7. The lowest BCUT2D eigenvalue weighted by Gasteiger charge is -2.19. The first-order valence-electron chi connectivity index (χ1n) is 13.3. The lowest BCUT2D eigenvalue weighted by molar-refractivity contribution is 0.240. The van der Waals surface area contributed by atoms with Gasteiger partial charge in [-0.1, -0.05) is 47.5 Å². The Balaban J connectivity index is 1.50. The van der Waals surface area contributed by atoms with E-state index in [1.807, 2.05) is 0 Å². The van der Waals surface area contributed by atoms with Crippen molar-refractivity contribution in [3.63, 3.8) is 0 Å². The van der Waals surface area contributed by atoms with Crippen LogP contribution in [0.5, 0.6) is 0 Å². The zero-order valence-corrected chi connectivity index (χ0v) is 25.6. The van der Waals surface area contributed by atoms with Crippen molar-refractivity contribution in [1.29, 1.82) is 0 Å². The van der Waals surface area contributed by atoms with Crippen LogP contribution >= 0.6 is 23.2 Å². The fourth-order valence-electron chi connectivity index (χ4n) is 4.53. The smallest absolute Gasteiger partial charge is 0.276 e. The molecule has 0 saturated carbocycles. The van der Waals surface area contributed by atoms with Gasteiger partial charge in [0.25, 0.3) is 11.1 Å². The van der Waals surface area contributed by atoms with Gasteiger partial charge in [0.15, 0.2) is 11.4 Å². The van der Waals surface area contributed by atoms with E-state index in [0.717, 1.165) is 0 Å². The summed E-state index contributed by atoms with van der Waals surface area (Å²) in [6.07, 6.45) is -2.71. The number of hydrogen-bond acceptors (Lipinski definition) is 10. The Bertz CT molecular complexity index is 1890. The second-order valence-electron chi connectivity index (χ2n) is 10.3. The first kappa shape index (κ1) is 30.8. The first-order valence-corrected chi connectivity index (χ1v) is 14.0. The molecule has 44 heavy (non-hydrogen) atoms. The number of hydrazone groups is 2. The Labute approximate surface area is 260 Å². The average Bonchev–Trinajstić information content (AvgIpc) is 2.97. The molecule has 0 spiro atoms. The molecule has 3 aromatic carbocycles. The van der Waals surface area contributed by atoms with Crippen LogP contribution in [0.1, 0.15) is 34.7 Å². The molecule has 2 atom stereocenters. The molecule has 0 aliphatic rings. The minimum absolute atomic E-state index is 0.0169. The number of aliphatic hydroxyl groups excluding tert-OH is 2. The molecule has 2 unspecified atom stereocenters. The monoisotopic (exact) mass is 634 g/mol. The van der Waals surface area contributed by atoms with Crippen molar-refractivity contribution in [2.45, 2.75) is 12.2 Å². The highest BCUT2D eigenvalue weighted by atomic mass is 35.5. The molecule has 0 fully saturated rings. The van der Waals surface area contributed by atoms with Gasteiger partial charge < -0.3 is 30.2 Å². The van der Waals surface area contributed by atoms with Crippen LogP contribution in [0.15, 0.2) is 80.5 Å². The maximum Gasteiger partial charge on any atom is 0.276 e. The highest BCUT2D eigenvalue weighted by molar-refractivity contribution is 6.31. The Hall–Kier alpha value is -4.62. The summed E-state index contributed by atoms with van der Waals surface area (Å²) in [7, 11) is 6.63. The minimum Gasteiger partial charge on any atom is -0.382 e. The van der Waals surface area contributed by atoms with Crippen LogP contribution in [0.4, 0.5) is 0 Å². The second kappa shape index (κ2) is 12.5. The van der Waals surface area contributed by atoms with Crippen molar-refractivity contribution in [2.75, 3.05) is 28.2 Å². The van der Waals surface area contributed by atoms with Gasteiger partial charge in [-0.3, -0.25) is 9.59 Å². The number of aromatic nitrogens is 4. The quantitative estimate of drug-likeness (QED) is 0.149. The third kappa shape index (κ3) is 6.48. The molecule has 0 bridgehead atoms. The zero-order valence-electron chi connectivity index (χ0n) is 24.1. The number of H-pyrrole nitrogens is 2. The number of rotatable bonds is 8. The number of hydrogen-bond donors (Lipinski definition) is 4. The van der Waals surface area contributed by atoms with E-state index in [-0.39, 0.29) is 22.8 Å². The Morgan fingerprint density at radius 2 is 1.05 bits per heavy atom. The van der Waals surface area contributed by atoms with Crippen LogP contribution < -0.4 is 11.1 Å². The maximum atomic E-state index is 13.0. The van der Waals surface area contributed by atoms with E-state index in [2.05, 4.69) is 30.1 Å². The molecule has 0 amide bonds. The molecule has 0 saturated heterocycles. The molecule has 0 aliphatic heterocycles. The Morgan fingerprint density at radius 1 is 0.682 bits per heavy atom. The lowest BCUT2D eigenvalue weighted by Crippen LogP contribution is -2.28. The molecule has 5 aromatic rings. The third-order valence-corrected chi connectivity index (χ3v) is 6.97. The summed E-state index contributed by atoms with van der Waals surface area (Å²) in [4.78, 5) is 40.4. The van der Waals surface area contributed by atoms with E-state index >= 15 is 0 Å². The van der Waals surface area contributed by atoms with Gasteiger partial charge in [-0.05, 0) is 47.5 Å². The van der Waals surface area contributed by atoms with Crippen LogP contribution in [-0.4, -0.2) is 79.8 Å². The molecule has 0 aliphatic carbocycles. The molecular formula is C30H28Cl2N8O4. The summed E-state index contributed by atoms with van der Waals surface area (Å²) in [5, 5.41) is 35.3. The van der Waals surface area contributed by atoms with Crippen LogP contribution in [0.3, 0.4) is 0 Å². The number of nitrogens with one attached hydrogen (secondary N) is 2. The van der Waals surface area contributed by atoms with E-state index in [4.69, 9.17) is 23.2 Å². The summed E-state index contributed by atoms with van der Waals surface area (Å²) in [5.74, 6) is 0. The topological polar surface area (TPSA) is 163 Å².